The molecule has 0 spiro atoms. The number of nitrogens with zero attached hydrogens (tertiary/aromatic N) is 2. The number of amides is 2. The smallest absolute Gasteiger partial charge is 0.314 e. The van der Waals surface area contributed by atoms with Crippen LogP contribution < -0.4 is 16.4 Å². The third-order valence-corrected chi connectivity index (χ3v) is 4.41. The van der Waals surface area contributed by atoms with Crippen LogP contribution in [0.4, 0.5) is 9.18 Å². The molecule has 0 radical (unpaired) electrons. The van der Waals surface area contributed by atoms with E-state index in [9.17, 15) is 9.18 Å². The molecule has 0 aliphatic carbocycles. The van der Waals surface area contributed by atoms with Crippen LogP contribution in [0.2, 0.25) is 0 Å². The van der Waals surface area contributed by atoms with Crippen LogP contribution >= 0.6 is 39.9 Å². The maximum Gasteiger partial charge on any atom is 0.314 e. The molecule has 1 aliphatic heterocycles. The Morgan fingerprint density at radius 1 is 1.44 bits per heavy atom. The van der Waals surface area contributed by atoms with Gasteiger partial charge in [-0.2, -0.15) is 0 Å². The number of nitrogens with one attached hydrogen (secondary N) is 2. The van der Waals surface area contributed by atoms with Gasteiger partial charge in [0.15, 0.2) is 5.96 Å². The second-order valence-corrected chi connectivity index (χ2v) is 6.59. The average molecular weight is 528 g/mol. The van der Waals surface area contributed by atoms with Gasteiger partial charge in [0.2, 0.25) is 0 Å². The number of likely N-dealkylation sites (tertiary alicyclic amines) is 1. The van der Waals surface area contributed by atoms with Crippen LogP contribution in [-0.4, -0.2) is 42.6 Å². The topological polar surface area (TPSA) is 82.8 Å². The summed E-state index contributed by atoms with van der Waals surface area (Å²) in [6.45, 7) is 4.22. The largest absolute Gasteiger partial charge is 0.357 e. The Morgan fingerprint density at radius 3 is 2.68 bits per heavy atom. The van der Waals surface area contributed by atoms with Crippen LogP contribution in [-0.2, 0) is 6.54 Å². The molecule has 1 aromatic rings. The molecule has 0 atom stereocenters. The van der Waals surface area contributed by atoms with E-state index in [-0.39, 0.29) is 48.4 Å². The first kappa shape index (κ1) is 21.9. The molecule has 1 heterocycles. The summed E-state index contributed by atoms with van der Waals surface area (Å²) in [6.07, 6.45) is 1.61. The quantitative estimate of drug-likeness (QED) is 0.320. The molecule has 140 valence electrons. The molecule has 2 amide bonds. The number of benzene rings is 1. The zero-order chi connectivity index (χ0) is 17.5. The van der Waals surface area contributed by atoms with Gasteiger partial charge in [0.05, 0.1) is 6.54 Å². The SMILES string of the molecule is CCNC(=NCc1ccc(Br)cc1F)NC1CCN(C(N)=O)CC1.I. The van der Waals surface area contributed by atoms with Gasteiger partial charge in [-0.1, -0.05) is 22.0 Å². The molecule has 1 fully saturated rings. The Bertz CT molecular complexity index is 608. The van der Waals surface area contributed by atoms with Crippen LogP contribution in [0.15, 0.2) is 27.7 Å². The van der Waals surface area contributed by atoms with E-state index in [2.05, 4.69) is 31.6 Å². The molecule has 1 saturated heterocycles. The van der Waals surface area contributed by atoms with Crippen molar-refractivity contribution in [3.63, 3.8) is 0 Å². The number of piperidine rings is 1. The summed E-state index contributed by atoms with van der Waals surface area (Å²) in [4.78, 5) is 17.2. The van der Waals surface area contributed by atoms with Gasteiger partial charge in [-0.15, -0.1) is 24.0 Å². The minimum Gasteiger partial charge on any atom is -0.357 e. The van der Waals surface area contributed by atoms with Gasteiger partial charge in [-0.25, -0.2) is 14.2 Å². The molecule has 4 N–H and O–H groups in total. The molecule has 0 unspecified atom stereocenters. The van der Waals surface area contributed by atoms with Crippen LogP contribution in [0.3, 0.4) is 0 Å². The number of halogens is 3. The number of urea groups is 1. The fourth-order valence-corrected chi connectivity index (χ4v) is 2.90. The second kappa shape index (κ2) is 10.8. The summed E-state index contributed by atoms with van der Waals surface area (Å²) >= 11 is 3.24. The van der Waals surface area contributed by atoms with Crippen LogP contribution in [0, 0.1) is 5.82 Å². The van der Waals surface area contributed by atoms with Crippen molar-refractivity contribution in [3.05, 3.63) is 34.1 Å². The number of rotatable bonds is 4. The third kappa shape index (κ3) is 6.96. The van der Waals surface area contributed by atoms with Gasteiger partial charge in [0, 0.05) is 35.7 Å². The van der Waals surface area contributed by atoms with Crippen molar-refractivity contribution in [2.45, 2.75) is 32.4 Å². The minimum atomic E-state index is -0.375. The highest BCUT2D eigenvalue weighted by Crippen LogP contribution is 2.16. The standard InChI is InChI=1S/C16H23BrFN5O.HI/c1-2-20-16(21-10-11-3-4-12(17)9-14(11)18)22-13-5-7-23(8-6-13)15(19)24;/h3-4,9,13H,2,5-8,10H2,1H3,(H2,19,24)(H2,20,21,22);1H. The van der Waals surface area contributed by atoms with Crippen molar-refractivity contribution in [1.29, 1.82) is 0 Å². The number of nitrogens with two attached hydrogens (primary N) is 1. The molecule has 9 heteroatoms. The van der Waals surface area contributed by atoms with Crippen molar-refractivity contribution >= 4 is 51.9 Å². The molecule has 25 heavy (non-hydrogen) atoms. The lowest BCUT2D eigenvalue weighted by molar-refractivity contribution is 0.188. The predicted molar refractivity (Wildman–Crippen MR) is 112 cm³/mol. The lowest BCUT2D eigenvalue weighted by atomic mass is 10.1. The van der Waals surface area contributed by atoms with Gasteiger partial charge < -0.3 is 21.3 Å². The minimum absolute atomic E-state index is 0. The van der Waals surface area contributed by atoms with Gasteiger partial charge in [-0.3, -0.25) is 0 Å². The van der Waals surface area contributed by atoms with Gasteiger partial charge in [0.1, 0.15) is 5.82 Å². The second-order valence-electron chi connectivity index (χ2n) is 5.67. The molecule has 0 bridgehead atoms. The Balaban J connectivity index is 0.00000312. The van der Waals surface area contributed by atoms with Crippen LogP contribution in [0.5, 0.6) is 0 Å². The third-order valence-electron chi connectivity index (χ3n) is 3.91. The normalized spacial score (nSPS) is 15.5. The molecule has 0 aromatic heterocycles. The van der Waals surface area contributed by atoms with E-state index >= 15 is 0 Å². The lowest BCUT2D eigenvalue weighted by Gasteiger charge is -2.32. The van der Waals surface area contributed by atoms with Crippen molar-refractivity contribution in [1.82, 2.24) is 15.5 Å². The summed E-state index contributed by atoms with van der Waals surface area (Å²) in [5, 5.41) is 6.51. The highest BCUT2D eigenvalue weighted by molar-refractivity contribution is 14.0. The maximum atomic E-state index is 13.9. The first-order valence-electron chi connectivity index (χ1n) is 8.02. The van der Waals surface area contributed by atoms with Crippen LogP contribution in [0.1, 0.15) is 25.3 Å². The molecular formula is C16H24BrFIN5O. The number of aliphatic imine (C=N–C) groups is 1. The fraction of sp³-hybridized carbons (Fsp3) is 0.500. The molecule has 1 aromatic carbocycles. The summed E-state index contributed by atoms with van der Waals surface area (Å²) in [5.74, 6) is 0.371. The van der Waals surface area contributed by atoms with Crippen molar-refractivity contribution < 1.29 is 9.18 Å². The van der Waals surface area contributed by atoms with E-state index in [1.807, 2.05) is 6.92 Å². The van der Waals surface area contributed by atoms with Gasteiger partial charge in [-0.05, 0) is 31.9 Å². The summed E-state index contributed by atoms with van der Waals surface area (Å²) < 4.78 is 14.6. The molecule has 0 saturated carbocycles. The number of carbonyl (C=O) groups is 1. The molecule has 2 rings (SSSR count). The Hall–Kier alpha value is -1.10. The van der Waals surface area contributed by atoms with Crippen molar-refractivity contribution in [3.8, 4) is 0 Å². The zero-order valence-corrected chi connectivity index (χ0v) is 18.0. The predicted octanol–water partition coefficient (Wildman–Crippen LogP) is 2.80. The Kier molecular flexibility index (Phi) is 9.47. The first-order chi connectivity index (χ1) is 11.5. The summed E-state index contributed by atoms with van der Waals surface area (Å²) in [6, 6.07) is 4.80. The molecule has 6 nitrogen and oxygen atoms in total. The molecular weight excluding hydrogens is 504 g/mol. The number of hydrogen-bond acceptors (Lipinski definition) is 2. The van der Waals surface area contributed by atoms with E-state index in [0.29, 0.717) is 29.1 Å². The monoisotopic (exact) mass is 527 g/mol. The van der Waals surface area contributed by atoms with Crippen molar-refractivity contribution in [2.24, 2.45) is 10.7 Å². The maximum absolute atomic E-state index is 13.9. The fourth-order valence-electron chi connectivity index (χ4n) is 2.57. The Labute approximate surface area is 173 Å². The number of guanidine groups is 1. The van der Waals surface area contributed by atoms with E-state index in [0.717, 1.165) is 19.4 Å². The van der Waals surface area contributed by atoms with E-state index in [1.165, 1.54) is 6.07 Å². The number of carbonyl (C=O) groups excluding carboxylic acids is 1. The molecule has 1 aliphatic rings. The highest BCUT2D eigenvalue weighted by Gasteiger charge is 2.21. The van der Waals surface area contributed by atoms with E-state index < -0.39 is 0 Å². The van der Waals surface area contributed by atoms with Gasteiger partial charge in [0.25, 0.3) is 0 Å². The average Bonchev–Trinajstić information content (AvgIpc) is 2.54. The van der Waals surface area contributed by atoms with Gasteiger partial charge >= 0.3 is 6.03 Å². The number of primary amides is 1. The highest BCUT2D eigenvalue weighted by atomic mass is 127. The first-order valence-corrected chi connectivity index (χ1v) is 8.82. The van der Waals surface area contributed by atoms with E-state index in [1.54, 1.807) is 17.0 Å². The number of hydrogen-bond donors (Lipinski definition) is 3. The van der Waals surface area contributed by atoms with Crippen LogP contribution in [0.25, 0.3) is 0 Å². The lowest BCUT2D eigenvalue weighted by Crippen LogP contribution is -2.50. The van der Waals surface area contributed by atoms with E-state index in [4.69, 9.17) is 5.73 Å². The Morgan fingerprint density at radius 2 is 2.12 bits per heavy atom. The summed E-state index contributed by atoms with van der Waals surface area (Å²) in [5.41, 5.74) is 5.83. The summed E-state index contributed by atoms with van der Waals surface area (Å²) in [7, 11) is 0. The van der Waals surface area contributed by atoms with Crippen molar-refractivity contribution in [2.75, 3.05) is 19.6 Å². The zero-order valence-electron chi connectivity index (χ0n) is 14.1.